The van der Waals surface area contributed by atoms with E-state index in [0.29, 0.717) is 19.8 Å². The van der Waals surface area contributed by atoms with E-state index in [1.165, 1.54) is 0 Å². The summed E-state index contributed by atoms with van der Waals surface area (Å²) >= 11 is 0. The average Bonchev–Trinajstić information content (AvgIpc) is 3.00. The molecule has 2 rings (SSSR count). The Morgan fingerprint density at radius 2 is 2.00 bits per heavy atom. The van der Waals surface area contributed by atoms with E-state index < -0.39 is 6.10 Å². The van der Waals surface area contributed by atoms with Crippen molar-refractivity contribution in [1.29, 1.82) is 0 Å². The average molecular weight is 275 g/mol. The van der Waals surface area contributed by atoms with Crippen molar-refractivity contribution in [2.45, 2.75) is 25.7 Å². The maximum atomic E-state index is 9.86. The monoisotopic (exact) mass is 275 g/mol. The molecule has 4 nitrogen and oxygen atoms in total. The maximum Gasteiger partial charge on any atom is 0.120 e. The van der Waals surface area contributed by atoms with Crippen LogP contribution in [0.1, 0.15) is 24.3 Å². The molecule has 0 spiro atoms. The lowest BCUT2D eigenvalue weighted by Gasteiger charge is -2.15. The molecule has 0 aliphatic carbocycles. The van der Waals surface area contributed by atoms with Crippen molar-refractivity contribution < 1.29 is 14.3 Å². The third kappa shape index (κ3) is 4.81. The van der Waals surface area contributed by atoms with Gasteiger partial charge in [-0.05, 0) is 24.6 Å². The number of aliphatic hydroxyl groups excluding tert-OH is 1. The molecule has 0 fully saturated rings. The van der Waals surface area contributed by atoms with Gasteiger partial charge in [0.25, 0.3) is 0 Å². The largest absolute Gasteiger partial charge is 0.468 e. The molecule has 1 unspecified atom stereocenters. The van der Waals surface area contributed by atoms with Gasteiger partial charge in [-0.25, -0.2) is 0 Å². The number of ether oxygens (including phenoxy) is 1. The van der Waals surface area contributed by atoms with Crippen LogP contribution in [0.3, 0.4) is 0 Å². The Bertz CT molecular complexity index is 470. The van der Waals surface area contributed by atoms with Crippen LogP contribution in [0.15, 0.2) is 53.1 Å². The summed E-state index contributed by atoms with van der Waals surface area (Å²) in [5.74, 6) is 0.863. The Balaban J connectivity index is 1.62. The van der Waals surface area contributed by atoms with Gasteiger partial charge in [0, 0.05) is 6.54 Å². The number of hydrogen-bond donors (Lipinski definition) is 2. The van der Waals surface area contributed by atoms with E-state index in [2.05, 4.69) is 5.32 Å². The van der Waals surface area contributed by atoms with Crippen molar-refractivity contribution >= 4 is 0 Å². The Kier molecular flexibility index (Phi) is 5.80. The number of nitrogens with one attached hydrogen (secondary N) is 1. The van der Waals surface area contributed by atoms with E-state index in [1.807, 2.05) is 49.4 Å². The van der Waals surface area contributed by atoms with Gasteiger partial charge in [0.05, 0.1) is 31.6 Å². The molecule has 2 aromatic rings. The zero-order valence-electron chi connectivity index (χ0n) is 11.7. The van der Waals surface area contributed by atoms with Crippen molar-refractivity contribution in [2.75, 3.05) is 13.2 Å². The second-order valence-electron chi connectivity index (χ2n) is 4.80. The lowest BCUT2D eigenvalue weighted by Crippen LogP contribution is -2.32. The Hall–Kier alpha value is -1.62. The van der Waals surface area contributed by atoms with Crippen molar-refractivity contribution in [3.63, 3.8) is 0 Å². The molecule has 0 amide bonds. The minimum Gasteiger partial charge on any atom is -0.468 e. The SMILES string of the molecule is C[C@H](NCC(O)COCc1ccccc1)c1ccco1. The van der Waals surface area contributed by atoms with Crippen LogP contribution in [0.4, 0.5) is 0 Å². The van der Waals surface area contributed by atoms with Crippen LogP contribution < -0.4 is 5.32 Å². The molecular formula is C16H21NO3. The topological polar surface area (TPSA) is 54.6 Å². The Morgan fingerprint density at radius 3 is 2.70 bits per heavy atom. The molecule has 20 heavy (non-hydrogen) atoms. The predicted octanol–water partition coefficient (Wildman–Crippen LogP) is 2.51. The first-order valence-electron chi connectivity index (χ1n) is 6.82. The van der Waals surface area contributed by atoms with Gasteiger partial charge in [-0.1, -0.05) is 30.3 Å². The number of furan rings is 1. The Morgan fingerprint density at radius 1 is 1.20 bits per heavy atom. The quantitative estimate of drug-likeness (QED) is 0.777. The van der Waals surface area contributed by atoms with Crippen LogP contribution in [0.2, 0.25) is 0 Å². The first kappa shape index (κ1) is 14.8. The molecule has 0 saturated heterocycles. The lowest BCUT2D eigenvalue weighted by atomic mass is 10.2. The van der Waals surface area contributed by atoms with Crippen LogP contribution in [0.25, 0.3) is 0 Å². The summed E-state index contributed by atoms with van der Waals surface area (Å²) in [6, 6.07) is 13.8. The van der Waals surface area contributed by atoms with E-state index in [1.54, 1.807) is 6.26 Å². The lowest BCUT2D eigenvalue weighted by molar-refractivity contribution is 0.0275. The third-order valence-electron chi connectivity index (χ3n) is 3.05. The van der Waals surface area contributed by atoms with Gasteiger partial charge in [0.15, 0.2) is 0 Å². The van der Waals surface area contributed by atoms with Gasteiger partial charge in [-0.15, -0.1) is 0 Å². The number of rotatable bonds is 8. The molecule has 0 aliphatic rings. The second-order valence-corrected chi connectivity index (χ2v) is 4.80. The maximum absolute atomic E-state index is 9.86. The van der Waals surface area contributed by atoms with Crippen LogP contribution in [-0.2, 0) is 11.3 Å². The van der Waals surface area contributed by atoms with Gasteiger partial charge >= 0.3 is 0 Å². The zero-order chi connectivity index (χ0) is 14.2. The molecule has 1 heterocycles. The van der Waals surface area contributed by atoms with Crippen LogP contribution in [-0.4, -0.2) is 24.4 Å². The molecule has 0 radical (unpaired) electrons. The molecule has 0 bridgehead atoms. The predicted molar refractivity (Wildman–Crippen MR) is 77.2 cm³/mol. The molecule has 0 aliphatic heterocycles. The fourth-order valence-corrected chi connectivity index (χ4v) is 1.90. The molecular weight excluding hydrogens is 254 g/mol. The van der Waals surface area contributed by atoms with Crippen molar-refractivity contribution in [1.82, 2.24) is 5.32 Å². The van der Waals surface area contributed by atoms with Crippen molar-refractivity contribution in [3.8, 4) is 0 Å². The minimum absolute atomic E-state index is 0.0776. The highest BCUT2D eigenvalue weighted by Gasteiger charge is 2.10. The second kappa shape index (κ2) is 7.85. The van der Waals surface area contributed by atoms with E-state index >= 15 is 0 Å². The molecule has 1 aromatic heterocycles. The Labute approximate surface area is 119 Å². The molecule has 108 valence electrons. The van der Waals surface area contributed by atoms with E-state index in [4.69, 9.17) is 9.15 Å². The van der Waals surface area contributed by atoms with Gasteiger partial charge in [0.1, 0.15) is 5.76 Å². The molecule has 2 atom stereocenters. The van der Waals surface area contributed by atoms with Gasteiger partial charge in [-0.3, -0.25) is 0 Å². The summed E-state index contributed by atoms with van der Waals surface area (Å²) in [4.78, 5) is 0. The zero-order valence-corrected chi connectivity index (χ0v) is 11.7. The third-order valence-corrected chi connectivity index (χ3v) is 3.05. The highest BCUT2D eigenvalue weighted by Crippen LogP contribution is 2.11. The number of benzene rings is 1. The molecule has 4 heteroatoms. The smallest absolute Gasteiger partial charge is 0.120 e. The molecule has 2 N–H and O–H groups in total. The summed E-state index contributed by atoms with van der Waals surface area (Å²) in [6.45, 7) is 3.30. The summed E-state index contributed by atoms with van der Waals surface area (Å²) in [6.07, 6.45) is 1.11. The van der Waals surface area contributed by atoms with E-state index in [9.17, 15) is 5.11 Å². The number of hydrogen-bond acceptors (Lipinski definition) is 4. The fraction of sp³-hybridized carbons (Fsp3) is 0.375. The van der Waals surface area contributed by atoms with Gasteiger partial charge in [0.2, 0.25) is 0 Å². The van der Waals surface area contributed by atoms with E-state index in [0.717, 1.165) is 11.3 Å². The number of aliphatic hydroxyl groups is 1. The molecule has 1 aromatic carbocycles. The van der Waals surface area contributed by atoms with Crippen LogP contribution in [0.5, 0.6) is 0 Å². The summed E-state index contributed by atoms with van der Waals surface area (Å²) < 4.78 is 10.8. The highest BCUT2D eigenvalue weighted by molar-refractivity contribution is 5.13. The summed E-state index contributed by atoms with van der Waals surface area (Å²) in [7, 11) is 0. The summed E-state index contributed by atoms with van der Waals surface area (Å²) in [5, 5.41) is 13.1. The van der Waals surface area contributed by atoms with Crippen LogP contribution >= 0.6 is 0 Å². The molecule has 0 saturated carbocycles. The van der Waals surface area contributed by atoms with Crippen molar-refractivity contribution in [2.24, 2.45) is 0 Å². The highest BCUT2D eigenvalue weighted by atomic mass is 16.5. The first-order chi connectivity index (χ1) is 9.75. The first-order valence-corrected chi connectivity index (χ1v) is 6.82. The normalized spacial score (nSPS) is 14.1. The van der Waals surface area contributed by atoms with Crippen molar-refractivity contribution in [3.05, 3.63) is 60.1 Å². The van der Waals surface area contributed by atoms with Gasteiger partial charge < -0.3 is 19.6 Å². The van der Waals surface area contributed by atoms with Gasteiger partial charge in [-0.2, -0.15) is 0 Å². The van der Waals surface area contributed by atoms with Crippen LogP contribution in [0, 0.1) is 0 Å². The summed E-state index contributed by atoms with van der Waals surface area (Å²) in [5.41, 5.74) is 1.11. The fourth-order valence-electron chi connectivity index (χ4n) is 1.90. The standard InChI is InChI=1S/C16H21NO3/c1-13(16-8-5-9-20-16)17-10-15(18)12-19-11-14-6-3-2-4-7-14/h2-9,13,15,17-18H,10-12H2,1H3/t13-,15?/m0/s1. The van der Waals surface area contributed by atoms with E-state index in [-0.39, 0.29) is 6.04 Å². The minimum atomic E-state index is -0.531.